The van der Waals surface area contributed by atoms with Crippen LogP contribution in [0, 0.1) is 0 Å². The molecule has 0 aromatic heterocycles. The third-order valence-electron chi connectivity index (χ3n) is 3.77. The van der Waals surface area contributed by atoms with Crippen molar-refractivity contribution in [2.24, 2.45) is 0 Å². The quantitative estimate of drug-likeness (QED) is 0.590. The maximum Gasteiger partial charge on any atom is 0.225 e. The third-order valence-corrected chi connectivity index (χ3v) is 3.77. The number of benzene rings is 2. The molecule has 2 aromatic rings. The monoisotopic (exact) mass is 371 g/mol. The van der Waals surface area contributed by atoms with Gasteiger partial charge in [-0.3, -0.25) is 9.59 Å². The van der Waals surface area contributed by atoms with Gasteiger partial charge in [0.2, 0.25) is 11.8 Å². The number of ether oxygens (including phenoxy) is 2. The molecule has 0 radical (unpaired) electrons. The Morgan fingerprint density at radius 3 is 2.30 bits per heavy atom. The molecule has 0 saturated carbocycles. The molecule has 144 valence electrons. The Hall–Kier alpha value is -3.06. The van der Waals surface area contributed by atoms with E-state index >= 15 is 0 Å². The fraction of sp³-hybridized carbons (Fsp3) is 0.300. The van der Waals surface area contributed by atoms with Crippen molar-refractivity contribution < 1.29 is 19.1 Å². The molecular formula is C20H25N3O4. The molecule has 7 heteroatoms. The average Bonchev–Trinajstić information content (AvgIpc) is 2.64. The van der Waals surface area contributed by atoms with Gasteiger partial charge in [0.15, 0.2) is 11.5 Å². The zero-order chi connectivity index (χ0) is 19.6. The summed E-state index contributed by atoms with van der Waals surface area (Å²) < 4.78 is 10.5. The van der Waals surface area contributed by atoms with Crippen molar-refractivity contribution >= 4 is 23.2 Å². The molecule has 0 spiro atoms. The van der Waals surface area contributed by atoms with Gasteiger partial charge in [0.05, 0.1) is 14.2 Å². The average molecular weight is 371 g/mol. The number of carbonyl (C=O) groups excluding carboxylic acids is 2. The van der Waals surface area contributed by atoms with E-state index in [1.54, 1.807) is 38.5 Å². The highest BCUT2D eigenvalue weighted by Gasteiger charge is 2.06. The summed E-state index contributed by atoms with van der Waals surface area (Å²) in [6.07, 6.45) is 0.331. The van der Waals surface area contributed by atoms with Crippen LogP contribution in [0.5, 0.6) is 11.5 Å². The Labute approximate surface area is 159 Å². The maximum absolute atomic E-state index is 12.1. The Balaban J connectivity index is 1.77. The highest BCUT2D eigenvalue weighted by atomic mass is 16.5. The molecule has 3 N–H and O–H groups in total. The van der Waals surface area contributed by atoms with E-state index in [1.165, 1.54) is 6.92 Å². The molecule has 0 saturated heterocycles. The van der Waals surface area contributed by atoms with Crippen LogP contribution in [-0.2, 0) is 16.1 Å². The molecule has 0 aliphatic carbocycles. The first-order valence-electron chi connectivity index (χ1n) is 8.61. The van der Waals surface area contributed by atoms with Crippen LogP contribution in [0.1, 0.15) is 18.9 Å². The molecule has 0 unspecified atom stereocenters. The van der Waals surface area contributed by atoms with E-state index < -0.39 is 0 Å². The van der Waals surface area contributed by atoms with Gasteiger partial charge in [-0.05, 0) is 35.9 Å². The van der Waals surface area contributed by atoms with Crippen LogP contribution in [0.2, 0.25) is 0 Å². The standard InChI is InChI=1S/C20H25N3O4/c1-14(24)22-16-5-4-6-17(12-16)23-20(25)9-10-21-13-15-7-8-18(26-2)19(11-15)27-3/h4-8,11-12,21H,9-10,13H2,1-3H3,(H,22,24)(H,23,25). The van der Waals surface area contributed by atoms with Crippen molar-refractivity contribution in [3.63, 3.8) is 0 Å². The van der Waals surface area contributed by atoms with Crippen LogP contribution >= 0.6 is 0 Å². The molecule has 0 aliphatic rings. The van der Waals surface area contributed by atoms with Gasteiger partial charge in [-0.2, -0.15) is 0 Å². The van der Waals surface area contributed by atoms with Gasteiger partial charge in [0.1, 0.15) is 0 Å². The molecule has 0 atom stereocenters. The summed E-state index contributed by atoms with van der Waals surface area (Å²) in [5, 5.41) is 8.74. The molecule has 0 bridgehead atoms. The van der Waals surface area contributed by atoms with Crippen LogP contribution in [0.15, 0.2) is 42.5 Å². The number of carbonyl (C=O) groups is 2. The third kappa shape index (κ3) is 6.63. The van der Waals surface area contributed by atoms with E-state index in [4.69, 9.17) is 9.47 Å². The van der Waals surface area contributed by atoms with Gasteiger partial charge in [-0.25, -0.2) is 0 Å². The Kier molecular flexibility index (Phi) is 7.63. The minimum Gasteiger partial charge on any atom is -0.493 e. The predicted molar refractivity (Wildman–Crippen MR) is 105 cm³/mol. The summed E-state index contributed by atoms with van der Waals surface area (Å²) in [6.45, 7) is 2.59. The lowest BCUT2D eigenvalue weighted by Crippen LogP contribution is -2.21. The second-order valence-corrected chi connectivity index (χ2v) is 5.93. The first-order valence-corrected chi connectivity index (χ1v) is 8.61. The summed E-state index contributed by atoms with van der Waals surface area (Å²) >= 11 is 0. The lowest BCUT2D eigenvalue weighted by molar-refractivity contribution is -0.116. The zero-order valence-corrected chi connectivity index (χ0v) is 15.8. The van der Waals surface area contributed by atoms with Crippen molar-refractivity contribution in [1.82, 2.24) is 5.32 Å². The maximum atomic E-state index is 12.1. The smallest absolute Gasteiger partial charge is 0.225 e. The van der Waals surface area contributed by atoms with Gasteiger partial charge in [-0.15, -0.1) is 0 Å². The minimum atomic E-state index is -0.155. The Bertz CT molecular complexity index is 793. The van der Waals surface area contributed by atoms with Crippen molar-refractivity contribution in [2.45, 2.75) is 19.9 Å². The van der Waals surface area contributed by atoms with Crippen LogP contribution in [0.25, 0.3) is 0 Å². The normalized spacial score (nSPS) is 10.2. The summed E-state index contributed by atoms with van der Waals surface area (Å²) in [7, 11) is 3.20. The summed E-state index contributed by atoms with van der Waals surface area (Å²) in [4.78, 5) is 23.2. The van der Waals surface area contributed by atoms with E-state index in [2.05, 4.69) is 16.0 Å². The van der Waals surface area contributed by atoms with Crippen molar-refractivity contribution in [3.8, 4) is 11.5 Å². The van der Waals surface area contributed by atoms with Gasteiger partial charge < -0.3 is 25.4 Å². The molecule has 0 aliphatic heterocycles. The van der Waals surface area contributed by atoms with Gasteiger partial charge in [-0.1, -0.05) is 12.1 Å². The fourth-order valence-electron chi connectivity index (χ4n) is 2.53. The lowest BCUT2D eigenvalue weighted by Gasteiger charge is -2.11. The lowest BCUT2D eigenvalue weighted by atomic mass is 10.2. The second kappa shape index (κ2) is 10.2. The van der Waals surface area contributed by atoms with Gasteiger partial charge in [0.25, 0.3) is 0 Å². The molecule has 2 rings (SSSR count). The van der Waals surface area contributed by atoms with E-state index in [0.717, 1.165) is 5.56 Å². The van der Waals surface area contributed by atoms with Crippen LogP contribution in [0.4, 0.5) is 11.4 Å². The number of hydrogen-bond acceptors (Lipinski definition) is 5. The highest BCUT2D eigenvalue weighted by molar-refractivity contribution is 5.93. The Morgan fingerprint density at radius 2 is 1.63 bits per heavy atom. The van der Waals surface area contributed by atoms with Crippen molar-refractivity contribution in [2.75, 3.05) is 31.4 Å². The highest BCUT2D eigenvalue weighted by Crippen LogP contribution is 2.27. The van der Waals surface area contributed by atoms with Crippen molar-refractivity contribution in [3.05, 3.63) is 48.0 Å². The van der Waals surface area contributed by atoms with Crippen LogP contribution in [0.3, 0.4) is 0 Å². The van der Waals surface area contributed by atoms with Crippen molar-refractivity contribution in [1.29, 1.82) is 0 Å². The molecule has 2 amide bonds. The summed E-state index contributed by atoms with van der Waals surface area (Å²) in [6, 6.07) is 12.7. The largest absolute Gasteiger partial charge is 0.493 e. The summed E-state index contributed by atoms with van der Waals surface area (Å²) in [5.41, 5.74) is 2.33. The molecule has 27 heavy (non-hydrogen) atoms. The first-order chi connectivity index (χ1) is 13.0. The van der Waals surface area contributed by atoms with E-state index in [1.807, 2.05) is 18.2 Å². The van der Waals surface area contributed by atoms with Crippen LogP contribution in [-0.4, -0.2) is 32.6 Å². The van der Waals surface area contributed by atoms with Gasteiger partial charge in [0, 0.05) is 37.8 Å². The predicted octanol–water partition coefficient (Wildman–Crippen LogP) is 2.78. The Morgan fingerprint density at radius 1 is 0.926 bits per heavy atom. The second-order valence-electron chi connectivity index (χ2n) is 5.93. The fourth-order valence-corrected chi connectivity index (χ4v) is 2.53. The molecular weight excluding hydrogens is 346 g/mol. The topological polar surface area (TPSA) is 88.7 Å². The number of hydrogen-bond donors (Lipinski definition) is 3. The van der Waals surface area contributed by atoms with Crippen LogP contribution < -0.4 is 25.4 Å². The van der Waals surface area contributed by atoms with E-state index in [9.17, 15) is 9.59 Å². The first kappa shape index (κ1) is 20.3. The number of methoxy groups -OCH3 is 2. The minimum absolute atomic E-state index is 0.102. The number of rotatable bonds is 9. The number of nitrogens with one attached hydrogen (secondary N) is 3. The summed E-state index contributed by atoms with van der Waals surface area (Å²) in [5.74, 6) is 1.10. The van der Waals surface area contributed by atoms with E-state index in [0.29, 0.717) is 42.4 Å². The SMILES string of the molecule is COc1ccc(CNCCC(=O)Nc2cccc(NC(C)=O)c2)cc1OC. The number of anilines is 2. The van der Waals surface area contributed by atoms with E-state index in [-0.39, 0.29) is 11.8 Å². The van der Waals surface area contributed by atoms with Gasteiger partial charge >= 0.3 is 0 Å². The molecule has 7 nitrogen and oxygen atoms in total. The molecule has 0 heterocycles. The molecule has 0 fully saturated rings. The number of amides is 2. The zero-order valence-electron chi connectivity index (χ0n) is 15.8. The molecule has 2 aromatic carbocycles.